The Kier molecular flexibility index (Phi) is 5.41. The van der Waals surface area contributed by atoms with Crippen molar-refractivity contribution in [1.29, 1.82) is 0 Å². The predicted molar refractivity (Wildman–Crippen MR) is 111 cm³/mol. The van der Waals surface area contributed by atoms with Crippen LogP contribution in [-0.4, -0.2) is 47.2 Å². The summed E-state index contributed by atoms with van der Waals surface area (Å²) in [7, 11) is 0. The second-order valence-electron chi connectivity index (χ2n) is 7.01. The lowest BCUT2D eigenvalue weighted by atomic mass is 10.1. The minimum absolute atomic E-state index is 0.530. The van der Waals surface area contributed by atoms with Crippen LogP contribution in [0.15, 0.2) is 60.7 Å². The van der Waals surface area contributed by atoms with Crippen molar-refractivity contribution >= 4 is 28.6 Å². The van der Waals surface area contributed by atoms with Gasteiger partial charge in [0.25, 0.3) is 5.91 Å². The highest BCUT2D eigenvalue weighted by Gasteiger charge is 2.19. The van der Waals surface area contributed by atoms with Gasteiger partial charge in [-0.05, 0) is 35.2 Å². The number of carbonyl (C=O) groups excluding carboxylic acids is 1. The molecule has 1 aliphatic rings. The standard InChI is InChI=1S/C22H24N4O2/c27-22(24-28)10-9-17-5-2-4-8-21(17)26-13-11-25(12-14-26)16-19-15-18-6-1-3-7-20(18)23-19/h1-10,15,23,28H,11-14,16H2,(H,24,27). The molecule has 6 heteroatoms. The lowest BCUT2D eigenvalue weighted by Crippen LogP contribution is -2.46. The second-order valence-corrected chi connectivity index (χ2v) is 7.01. The molecule has 1 saturated heterocycles. The van der Waals surface area contributed by atoms with E-state index in [2.05, 4.69) is 51.2 Å². The number of aromatic amines is 1. The number of nitrogens with zero attached hydrogens (tertiary/aromatic N) is 2. The Labute approximate surface area is 164 Å². The van der Waals surface area contributed by atoms with Crippen LogP contribution in [0.4, 0.5) is 5.69 Å². The molecule has 1 fully saturated rings. The summed E-state index contributed by atoms with van der Waals surface area (Å²) >= 11 is 0. The Balaban J connectivity index is 1.40. The molecule has 2 heterocycles. The van der Waals surface area contributed by atoms with Crippen molar-refractivity contribution in [3.8, 4) is 0 Å². The number of nitrogens with one attached hydrogen (secondary N) is 2. The van der Waals surface area contributed by atoms with Gasteiger partial charge in [0.05, 0.1) is 0 Å². The van der Waals surface area contributed by atoms with Gasteiger partial charge in [-0.1, -0.05) is 36.4 Å². The van der Waals surface area contributed by atoms with Crippen LogP contribution in [0.3, 0.4) is 0 Å². The number of fused-ring (bicyclic) bond motifs is 1. The normalized spacial score (nSPS) is 15.4. The molecule has 0 atom stereocenters. The fourth-order valence-electron chi connectivity index (χ4n) is 3.73. The zero-order chi connectivity index (χ0) is 19.3. The zero-order valence-corrected chi connectivity index (χ0v) is 15.6. The summed E-state index contributed by atoms with van der Waals surface area (Å²) in [6.07, 6.45) is 3.07. The van der Waals surface area contributed by atoms with Crippen molar-refractivity contribution in [2.24, 2.45) is 0 Å². The number of rotatable bonds is 5. The van der Waals surface area contributed by atoms with E-state index in [4.69, 9.17) is 5.21 Å². The summed E-state index contributed by atoms with van der Waals surface area (Å²) in [6, 6.07) is 18.6. The average molecular weight is 376 g/mol. The molecule has 0 radical (unpaired) electrons. The van der Waals surface area contributed by atoms with E-state index in [-0.39, 0.29) is 0 Å². The highest BCUT2D eigenvalue weighted by Crippen LogP contribution is 2.24. The molecule has 0 spiro atoms. The van der Waals surface area contributed by atoms with Gasteiger partial charge in [-0.2, -0.15) is 0 Å². The van der Waals surface area contributed by atoms with E-state index >= 15 is 0 Å². The Morgan fingerprint density at radius 3 is 2.61 bits per heavy atom. The molecule has 0 bridgehead atoms. The number of aromatic nitrogens is 1. The number of carbonyl (C=O) groups is 1. The molecule has 3 N–H and O–H groups in total. The molecule has 1 aromatic heterocycles. The minimum atomic E-state index is -0.530. The molecule has 3 aromatic rings. The van der Waals surface area contributed by atoms with Gasteiger partial charge in [-0.25, -0.2) is 5.48 Å². The van der Waals surface area contributed by atoms with Gasteiger partial charge in [-0.15, -0.1) is 0 Å². The van der Waals surface area contributed by atoms with Gasteiger partial charge in [0, 0.05) is 55.7 Å². The molecule has 1 aliphatic heterocycles. The van der Waals surface area contributed by atoms with E-state index < -0.39 is 5.91 Å². The lowest BCUT2D eigenvalue weighted by molar-refractivity contribution is -0.124. The maximum atomic E-state index is 11.3. The highest BCUT2D eigenvalue weighted by atomic mass is 16.5. The fourth-order valence-corrected chi connectivity index (χ4v) is 3.73. The number of piperazine rings is 1. The first-order valence-corrected chi connectivity index (χ1v) is 9.48. The number of hydrogen-bond donors (Lipinski definition) is 3. The van der Waals surface area contributed by atoms with Crippen LogP contribution in [0.2, 0.25) is 0 Å². The predicted octanol–water partition coefficient (Wildman–Crippen LogP) is 3.01. The molecule has 0 unspecified atom stereocenters. The topological polar surface area (TPSA) is 71.6 Å². The average Bonchev–Trinajstić information content (AvgIpc) is 3.15. The summed E-state index contributed by atoms with van der Waals surface area (Å²) in [5.74, 6) is -0.530. The van der Waals surface area contributed by atoms with Crippen LogP contribution in [0.1, 0.15) is 11.3 Å². The van der Waals surface area contributed by atoms with Crippen molar-refractivity contribution in [3.63, 3.8) is 0 Å². The number of H-pyrrole nitrogens is 1. The van der Waals surface area contributed by atoms with Gasteiger partial charge >= 0.3 is 0 Å². The van der Waals surface area contributed by atoms with Crippen molar-refractivity contribution in [3.05, 3.63) is 71.9 Å². The van der Waals surface area contributed by atoms with Crippen molar-refractivity contribution in [1.82, 2.24) is 15.4 Å². The zero-order valence-electron chi connectivity index (χ0n) is 15.6. The van der Waals surface area contributed by atoms with Crippen LogP contribution >= 0.6 is 0 Å². The largest absolute Gasteiger partial charge is 0.368 e. The van der Waals surface area contributed by atoms with E-state index in [1.165, 1.54) is 22.7 Å². The van der Waals surface area contributed by atoms with E-state index in [1.54, 1.807) is 11.6 Å². The summed E-state index contributed by atoms with van der Waals surface area (Å²) in [5.41, 5.74) is 6.13. The lowest BCUT2D eigenvalue weighted by Gasteiger charge is -2.36. The number of para-hydroxylation sites is 2. The number of amides is 1. The molecule has 0 saturated carbocycles. The molecule has 28 heavy (non-hydrogen) atoms. The van der Waals surface area contributed by atoms with E-state index in [1.807, 2.05) is 18.2 Å². The molecular formula is C22H24N4O2. The molecule has 0 aliphatic carbocycles. The van der Waals surface area contributed by atoms with Gasteiger partial charge in [0.15, 0.2) is 0 Å². The van der Waals surface area contributed by atoms with E-state index in [0.717, 1.165) is 44.0 Å². The van der Waals surface area contributed by atoms with Crippen molar-refractivity contribution < 1.29 is 10.0 Å². The first kappa shape index (κ1) is 18.3. The molecule has 6 nitrogen and oxygen atoms in total. The summed E-state index contributed by atoms with van der Waals surface area (Å²) in [4.78, 5) is 19.6. The Morgan fingerprint density at radius 1 is 1.07 bits per heavy atom. The number of benzene rings is 2. The first-order valence-electron chi connectivity index (χ1n) is 9.48. The van der Waals surface area contributed by atoms with Crippen LogP contribution in [-0.2, 0) is 11.3 Å². The van der Waals surface area contributed by atoms with Gasteiger partial charge < -0.3 is 9.88 Å². The highest BCUT2D eigenvalue weighted by molar-refractivity contribution is 5.91. The third-order valence-electron chi connectivity index (χ3n) is 5.15. The number of hydroxylamine groups is 1. The summed E-state index contributed by atoms with van der Waals surface area (Å²) in [6.45, 7) is 4.73. The van der Waals surface area contributed by atoms with Crippen LogP contribution in [0.25, 0.3) is 17.0 Å². The second kappa shape index (κ2) is 8.29. The molecule has 144 valence electrons. The Bertz CT molecular complexity index is 954. The van der Waals surface area contributed by atoms with Gasteiger partial charge in [-0.3, -0.25) is 14.9 Å². The van der Waals surface area contributed by atoms with Crippen molar-refractivity contribution in [2.45, 2.75) is 6.54 Å². The smallest absolute Gasteiger partial charge is 0.267 e. The number of anilines is 1. The molecular weight excluding hydrogens is 352 g/mol. The maximum Gasteiger partial charge on any atom is 0.267 e. The SMILES string of the molecule is O=C(C=Cc1ccccc1N1CCN(Cc2cc3ccccc3[nH]2)CC1)NO. The quantitative estimate of drug-likeness (QED) is 0.364. The van der Waals surface area contributed by atoms with Crippen LogP contribution in [0, 0.1) is 0 Å². The first-order chi connectivity index (χ1) is 13.7. The Morgan fingerprint density at radius 2 is 1.82 bits per heavy atom. The summed E-state index contributed by atoms with van der Waals surface area (Å²) < 4.78 is 0. The van der Waals surface area contributed by atoms with Crippen molar-refractivity contribution in [2.75, 3.05) is 31.1 Å². The number of hydrogen-bond acceptors (Lipinski definition) is 4. The Hall–Kier alpha value is -3.09. The monoisotopic (exact) mass is 376 g/mol. The van der Waals surface area contributed by atoms with Gasteiger partial charge in [0.2, 0.25) is 0 Å². The fraction of sp³-hybridized carbons (Fsp3) is 0.227. The molecule has 2 aromatic carbocycles. The summed E-state index contributed by atoms with van der Waals surface area (Å²) in [5, 5.41) is 9.91. The van der Waals surface area contributed by atoms with E-state index in [0.29, 0.717) is 0 Å². The van der Waals surface area contributed by atoms with E-state index in [9.17, 15) is 4.79 Å². The minimum Gasteiger partial charge on any atom is -0.368 e. The third kappa shape index (κ3) is 4.08. The molecule has 4 rings (SSSR count). The van der Waals surface area contributed by atoms with Gasteiger partial charge in [0.1, 0.15) is 0 Å². The third-order valence-corrected chi connectivity index (χ3v) is 5.15. The molecule has 1 amide bonds. The maximum absolute atomic E-state index is 11.3. The van der Waals surface area contributed by atoms with Crippen LogP contribution < -0.4 is 10.4 Å². The van der Waals surface area contributed by atoms with Crippen LogP contribution in [0.5, 0.6) is 0 Å².